The normalized spacial score (nSPS) is 19.6. The van der Waals surface area contributed by atoms with E-state index in [1.165, 1.54) is 36.4 Å². The lowest BCUT2D eigenvalue weighted by molar-refractivity contribution is -0.139. The summed E-state index contributed by atoms with van der Waals surface area (Å²) in [5.74, 6) is -3.02. The number of methoxy groups -OCH3 is 1. The summed E-state index contributed by atoms with van der Waals surface area (Å²) in [5, 5.41) is 6.56. The van der Waals surface area contributed by atoms with E-state index in [9.17, 15) is 9.59 Å². The maximum Gasteiger partial charge on any atom is 0.336 e. The predicted octanol–water partition coefficient (Wildman–Crippen LogP) is 4.66. The van der Waals surface area contributed by atoms with Gasteiger partial charge < -0.3 is 20.1 Å². The molecular weight excluding hydrogens is 459 g/mol. The summed E-state index contributed by atoms with van der Waals surface area (Å²) in [4.78, 5) is 26.0. The number of halogens is 2. The van der Waals surface area contributed by atoms with E-state index >= 15 is 4.39 Å². The van der Waals surface area contributed by atoms with Gasteiger partial charge in [-0.2, -0.15) is 0 Å². The summed E-state index contributed by atoms with van der Waals surface area (Å²) in [6, 6.07) is 12.4. The number of fused-ring (bicyclic) bond motifs is 1. The van der Waals surface area contributed by atoms with Crippen LogP contribution < -0.4 is 10.6 Å². The summed E-state index contributed by atoms with van der Waals surface area (Å²) in [5.41, 5.74) is 3.60. The number of hydrogen-bond donors (Lipinski definition) is 2. The van der Waals surface area contributed by atoms with Crippen LogP contribution in [-0.4, -0.2) is 25.7 Å². The number of carbonyl (C=O) groups excluding carboxylic acids is 2. The molecule has 2 aliphatic rings. The molecule has 0 radical (unpaired) electrons. The molecule has 2 aromatic carbocycles. The fourth-order valence-electron chi connectivity index (χ4n) is 4.70. The minimum absolute atomic E-state index is 0.0307. The molecule has 0 aromatic heterocycles. The Labute approximate surface area is 202 Å². The van der Waals surface area contributed by atoms with Gasteiger partial charge in [0.2, 0.25) is 0 Å². The van der Waals surface area contributed by atoms with Gasteiger partial charge in [0, 0.05) is 41.0 Å². The van der Waals surface area contributed by atoms with Crippen molar-refractivity contribution in [3.8, 4) is 0 Å². The third kappa shape index (κ3) is 4.45. The largest absolute Gasteiger partial charge is 0.466 e. The first-order valence-corrected chi connectivity index (χ1v) is 11.4. The molecule has 6 nitrogen and oxygen atoms in total. The Bertz CT molecular complexity index is 1190. The lowest BCUT2D eigenvalue weighted by Crippen LogP contribution is -2.33. The molecule has 4 rings (SSSR count). The molecule has 34 heavy (non-hydrogen) atoms. The van der Waals surface area contributed by atoms with Crippen molar-refractivity contribution in [3.05, 3.63) is 92.5 Å². The highest BCUT2D eigenvalue weighted by Crippen LogP contribution is 2.43. The third-order valence-corrected chi connectivity index (χ3v) is 6.61. The molecule has 2 aliphatic heterocycles. The molecule has 2 aromatic rings. The number of ether oxygens (including phenoxy) is 2. The number of rotatable bonds is 6. The first-order chi connectivity index (χ1) is 16.3. The molecule has 0 aliphatic carbocycles. The van der Waals surface area contributed by atoms with Crippen LogP contribution in [0.4, 0.5) is 4.39 Å². The van der Waals surface area contributed by atoms with E-state index < -0.39 is 23.7 Å². The minimum atomic E-state index is -1.07. The molecule has 2 N–H and O–H groups in total. The first kappa shape index (κ1) is 24.0. The van der Waals surface area contributed by atoms with E-state index in [1.807, 2.05) is 12.1 Å². The number of dihydropyridines is 1. The van der Waals surface area contributed by atoms with Gasteiger partial charge >= 0.3 is 11.9 Å². The van der Waals surface area contributed by atoms with Crippen LogP contribution in [0.1, 0.15) is 48.9 Å². The third-order valence-electron chi connectivity index (χ3n) is 6.28. The van der Waals surface area contributed by atoms with Crippen molar-refractivity contribution < 1.29 is 23.5 Å². The van der Waals surface area contributed by atoms with E-state index in [2.05, 4.69) is 22.8 Å². The molecule has 178 valence electrons. The van der Waals surface area contributed by atoms with Gasteiger partial charge in [0.15, 0.2) is 0 Å². The lowest BCUT2D eigenvalue weighted by Gasteiger charge is -2.31. The van der Waals surface area contributed by atoms with Crippen LogP contribution >= 0.6 is 11.6 Å². The van der Waals surface area contributed by atoms with E-state index in [0.717, 1.165) is 6.54 Å². The topological polar surface area (TPSA) is 76.7 Å². The molecule has 2 heterocycles. The number of esters is 2. The van der Waals surface area contributed by atoms with Crippen molar-refractivity contribution in [2.45, 2.75) is 38.8 Å². The average molecular weight is 485 g/mol. The van der Waals surface area contributed by atoms with Gasteiger partial charge in [0.25, 0.3) is 0 Å². The molecule has 0 amide bonds. The summed E-state index contributed by atoms with van der Waals surface area (Å²) >= 11 is 6.36. The predicted molar refractivity (Wildman–Crippen MR) is 126 cm³/mol. The van der Waals surface area contributed by atoms with Crippen molar-refractivity contribution in [2.24, 2.45) is 0 Å². The van der Waals surface area contributed by atoms with Crippen LogP contribution in [0.5, 0.6) is 0 Å². The standard InChI is InChI=1S/C26H26ClFN2O4/c1-14-21(25(31)33-3)24(23-18(27)9-6-10-19(23)28)22(15(2)30-14)26(32)34-12-11-20-17-8-5-4-7-16(17)13-29-20/h4-10,20,24,29-30H,11-13H2,1-3H3. The second-order valence-electron chi connectivity index (χ2n) is 8.32. The van der Waals surface area contributed by atoms with Crippen molar-refractivity contribution in [1.29, 1.82) is 0 Å². The second-order valence-corrected chi connectivity index (χ2v) is 8.73. The van der Waals surface area contributed by atoms with Crippen LogP contribution in [0.2, 0.25) is 5.02 Å². The van der Waals surface area contributed by atoms with Crippen molar-refractivity contribution >= 4 is 23.5 Å². The van der Waals surface area contributed by atoms with E-state index in [0.29, 0.717) is 17.8 Å². The van der Waals surface area contributed by atoms with E-state index in [-0.39, 0.29) is 34.4 Å². The first-order valence-electron chi connectivity index (χ1n) is 11.0. The number of benzene rings is 2. The molecule has 0 saturated carbocycles. The smallest absolute Gasteiger partial charge is 0.336 e. The van der Waals surface area contributed by atoms with Crippen molar-refractivity contribution in [3.63, 3.8) is 0 Å². The SMILES string of the molecule is COC(=O)C1=C(C)NC(C)=C(C(=O)OCCC2NCc3ccccc32)C1c1c(F)cccc1Cl. The Morgan fingerprint density at radius 2 is 1.76 bits per heavy atom. The minimum Gasteiger partial charge on any atom is -0.466 e. The Kier molecular flexibility index (Phi) is 7.05. The fourth-order valence-corrected chi connectivity index (χ4v) is 4.98. The number of hydrogen-bond acceptors (Lipinski definition) is 6. The second kappa shape index (κ2) is 9.99. The number of nitrogens with one attached hydrogen (secondary N) is 2. The van der Waals surface area contributed by atoms with Crippen LogP contribution in [0.15, 0.2) is 65.0 Å². The maximum absolute atomic E-state index is 15.0. The van der Waals surface area contributed by atoms with Crippen LogP contribution in [-0.2, 0) is 25.6 Å². The zero-order valence-electron chi connectivity index (χ0n) is 19.2. The summed E-state index contributed by atoms with van der Waals surface area (Å²) in [6.07, 6.45) is 0.576. The van der Waals surface area contributed by atoms with Gasteiger partial charge in [-0.05, 0) is 37.1 Å². The average Bonchev–Trinajstić information content (AvgIpc) is 3.21. The van der Waals surface area contributed by atoms with Gasteiger partial charge in [-0.25, -0.2) is 14.0 Å². The highest BCUT2D eigenvalue weighted by atomic mass is 35.5. The molecule has 2 unspecified atom stereocenters. The summed E-state index contributed by atoms with van der Waals surface area (Å²) in [7, 11) is 1.23. The summed E-state index contributed by atoms with van der Waals surface area (Å²) < 4.78 is 25.6. The lowest BCUT2D eigenvalue weighted by atomic mass is 9.80. The van der Waals surface area contributed by atoms with Crippen LogP contribution in [0, 0.1) is 5.82 Å². The number of carbonyl (C=O) groups is 2. The molecule has 0 spiro atoms. The van der Waals surface area contributed by atoms with E-state index in [4.69, 9.17) is 21.1 Å². The van der Waals surface area contributed by atoms with Gasteiger partial charge in [0.05, 0.1) is 30.8 Å². The maximum atomic E-state index is 15.0. The van der Waals surface area contributed by atoms with Gasteiger partial charge in [0.1, 0.15) is 5.82 Å². The van der Waals surface area contributed by atoms with Crippen molar-refractivity contribution in [1.82, 2.24) is 10.6 Å². The highest BCUT2D eigenvalue weighted by Gasteiger charge is 2.40. The summed E-state index contributed by atoms with van der Waals surface area (Å²) in [6.45, 7) is 4.27. The number of allylic oxidation sites excluding steroid dienone is 2. The Balaban J connectivity index is 1.61. The van der Waals surface area contributed by atoms with Crippen LogP contribution in [0.3, 0.4) is 0 Å². The molecule has 0 bridgehead atoms. The molecule has 8 heteroatoms. The fraction of sp³-hybridized carbons (Fsp3) is 0.308. The molecular formula is C26H26ClFN2O4. The quantitative estimate of drug-likeness (QED) is 0.580. The van der Waals surface area contributed by atoms with Gasteiger partial charge in [-0.3, -0.25) is 0 Å². The monoisotopic (exact) mass is 484 g/mol. The van der Waals surface area contributed by atoms with E-state index in [1.54, 1.807) is 13.8 Å². The molecule has 0 fully saturated rings. The molecule has 2 atom stereocenters. The zero-order chi connectivity index (χ0) is 24.4. The Morgan fingerprint density at radius 3 is 2.47 bits per heavy atom. The zero-order valence-corrected chi connectivity index (χ0v) is 20.0. The van der Waals surface area contributed by atoms with Gasteiger partial charge in [-0.15, -0.1) is 0 Å². The van der Waals surface area contributed by atoms with Crippen molar-refractivity contribution in [2.75, 3.05) is 13.7 Å². The highest BCUT2D eigenvalue weighted by molar-refractivity contribution is 6.31. The van der Waals surface area contributed by atoms with Gasteiger partial charge in [-0.1, -0.05) is 41.9 Å². The Hall–Kier alpha value is -3.16. The Morgan fingerprint density at radius 1 is 1.06 bits per heavy atom. The molecule has 0 saturated heterocycles. The van der Waals surface area contributed by atoms with Crippen LogP contribution in [0.25, 0.3) is 0 Å².